The third-order valence-electron chi connectivity index (χ3n) is 4.65. The standard InChI is InChI=1S/C23H17ClN2O3S/c1-13-6-9-16(10-7-13)19-20(22(28)29)30-23-25-17(18(24)21(27)26(19)23)11-8-15-5-3-4-14(2)12-15/h3-12H,1-2H3,(H,28,29)/b11-8+. The lowest BCUT2D eigenvalue weighted by atomic mass is 10.1. The zero-order valence-corrected chi connectivity index (χ0v) is 17.8. The van der Waals surface area contributed by atoms with Crippen LogP contribution in [0.4, 0.5) is 0 Å². The Morgan fingerprint density at radius 2 is 1.83 bits per heavy atom. The van der Waals surface area contributed by atoms with Gasteiger partial charge >= 0.3 is 5.97 Å². The molecule has 0 amide bonds. The quantitative estimate of drug-likeness (QED) is 0.454. The van der Waals surface area contributed by atoms with Crippen LogP contribution < -0.4 is 5.56 Å². The molecule has 5 nitrogen and oxygen atoms in total. The number of fused-ring (bicyclic) bond motifs is 1. The lowest BCUT2D eigenvalue weighted by molar-refractivity contribution is 0.0702. The number of rotatable bonds is 4. The van der Waals surface area contributed by atoms with Crippen LogP contribution in [0, 0.1) is 13.8 Å². The summed E-state index contributed by atoms with van der Waals surface area (Å²) in [5.74, 6) is -1.12. The molecule has 150 valence electrons. The Morgan fingerprint density at radius 1 is 1.10 bits per heavy atom. The molecule has 0 fully saturated rings. The van der Waals surface area contributed by atoms with Crippen LogP contribution in [0.5, 0.6) is 0 Å². The number of carbonyl (C=O) groups is 1. The molecule has 0 aliphatic heterocycles. The summed E-state index contributed by atoms with van der Waals surface area (Å²) in [6.07, 6.45) is 3.49. The monoisotopic (exact) mass is 436 g/mol. The third kappa shape index (κ3) is 3.67. The van der Waals surface area contributed by atoms with E-state index in [0.717, 1.165) is 28.0 Å². The van der Waals surface area contributed by atoms with Crippen molar-refractivity contribution in [3.05, 3.63) is 91.2 Å². The van der Waals surface area contributed by atoms with Crippen LogP contribution in [0.1, 0.15) is 32.1 Å². The van der Waals surface area contributed by atoms with Crippen molar-refractivity contribution in [1.82, 2.24) is 9.38 Å². The summed E-state index contributed by atoms with van der Waals surface area (Å²) in [6.45, 7) is 3.93. The molecule has 0 bridgehead atoms. The zero-order valence-electron chi connectivity index (χ0n) is 16.2. The Labute approximate surface area is 181 Å². The summed E-state index contributed by atoms with van der Waals surface area (Å²) in [7, 11) is 0. The van der Waals surface area contributed by atoms with Crippen molar-refractivity contribution in [1.29, 1.82) is 0 Å². The largest absolute Gasteiger partial charge is 0.477 e. The highest BCUT2D eigenvalue weighted by Gasteiger charge is 2.23. The van der Waals surface area contributed by atoms with E-state index >= 15 is 0 Å². The number of aryl methyl sites for hydroxylation is 2. The van der Waals surface area contributed by atoms with Gasteiger partial charge in [-0.1, -0.05) is 88.7 Å². The Kier molecular flexibility index (Phi) is 5.28. The molecule has 0 aliphatic rings. The number of thiazole rings is 1. The predicted molar refractivity (Wildman–Crippen MR) is 122 cm³/mol. The summed E-state index contributed by atoms with van der Waals surface area (Å²) in [5, 5.41) is 9.65. The summed E-state index contributed by atoms with van der Waals surface area (Å²) < 4.78 is 1.28. The molecule has 1 N–H and O–H groups in total. The number of nitrogens with zero attached hydrogens (tertiary/aromatic N) is 2. The molecule has 0 spiro atoms. The van der Waals surface area contributed by atoms with Gasteiger partial charge in [-0.25, -0.2) is 14.2 Å². The Balaban J connectivity index is 1.92. The zero-order chi connectivity index (χ0) is 21.4. The average molecular weight is 437 g/mol. The molecule has 0 atom stereocenters. The van der Waals surface area contributed by atoms with E-state index in [2.05, 4.69) is 4.98 Å². The second-order valence-corrected chi connectivity index (χ2v) is 8.29. The minimum Gasteiger partial charge on any atom is -0.477 e. The van der Waals surface area contributed by atoms with E-state index in [9.17, 15) is 14.7 Å². The number of aromatic carboxylic acids is 1. The van der Waals surface area contributed by atoms with Crippen LogP contribution in [0.2, 0.25) is 5.02 Å². The lowest BCUT2D eigenvalue weighted by Gasteiger charge is -2.05. The van der Waals surface area contributed by atoms with Gasteiger partial charge in [-0.3, -0.25) is 4.79 Å². The van der Waals surface area contributed by atoms with Crippen LogP contribution in [-0.4, -0.2) is 20.5 Å². The second-order valence-electron chi connectivity index (χ2n) is 6.93. The summed E-state index contributed by atoms with van der Waals surface area (Å²) in [4.78, 5) is 29.8. The van der Waals surface area contributed by atoms with Gasteiger partial charge in [0.1, 0.15) is 9.90 Å². The van der Waals surface area contributed by atoms with Crippen LogP contribution in [0.15, 0.2) is 53.3 Å². The van der Waals surface area contributed by atoms with E-state index in [1.54, 1.807) is 18.2 Å². The van der Waals surface area contributed by atoms with Gasteiger partial charge in [0.05, 0.1) is 11.4 Å². The fourth-order valence-corrected chi connectivity index (χ4v) is 4.35. The summed E-state index contributed by atoms with van der Waals surface area (Å²) in [5.41, 5.74) is 3.80. The molecular formula is C23H17ClN2O3S. The maximum Gasteiger partial charge on any atom is 0.348 e. The van der Waals surface area contributed by atoms with Crippen molar-refractivity contribution in [2.24, 2.45) is 0 Å². The number of carboxylic acids is 1. The Hall–Kier alpha value is -3.22. The number of hydrogen-bond donors (Lipinski definition) is 1. The molecule has 0 saturated heterocycles. The summed E-state index contributed by atoms with van der Waals surface area (Å²) >= 11 is 7.31. The SMILES string of the molecule is Cc1ccc(-c2c(C(=O)O)sc3nc(/C=C/c4cccc(C)c4)c(Cl)c(=O)n23)cc1. The molecule has 0 saturated carbocycles. The minimum absolute atomic E-state index is 0.0410. The van der Waals surface area contributed by atoms with E-state index < -0.39 is 11.5 Å². The highest BCUT2D eigenvalue weighted by Crippen LogP contribution is 2.31. The first-order valence-corrected chi connectivity index (χ1v) is 10.3. The molecule has 0 radical (unpaired) electrons. The van der Waals surface area contributed by atoms with Crippen LogP contribution in [0.25, 0.3) is 28.4 Å². The van der Waals surface area contributed by atoms with E-state index in [4.69, 9.17) is 11.6 Å². The number of hydrogen-bond acceptors (Lipinski definition) is 4. The molecule has 2 aromatic heterocycles. The van der Waals surface area contributed by atoms with Crippen molar-refractivity contribution in [3.8, 4) is 11.3 Å². The van der Waals surface area contributed by atoms with Gasteiger partial charge in [0.2, 0.25) is 0 Å². The van der Waals surface area contributed by atoms with E-state index in [-0.39, 0.29) is 20.6 Å². The highest BCUT2D eigenvalue weighted by molar-refractivity contribution is 7.19. The Bertz CT molecular complexity index is 1370. The number of benzene rings is 2. The average Bonchev–Trinajstić information content (AvgIpc) is 3.10. The van der Waals surface area contributed by atoms with Crippen molar-refractivity contribution >= 4 is 46.0 Å². The van der Waals surface area contributed by atoms with Gasteiger partial charge in [0, 0.05) is 5.56 Å². The lowest BCUT2D eigenvalue weighted by Crippen LogP contribution is -2.17. The van der Waals surface area contributed by atoms with E-state index in [1.165, 1.54) is 4.40 Å². The van der Waals surface area contributed by atoms with E-state index in [0.29, 0.717) is 11.3 Å². The summed E-state index contributed by atoms with van der Waals surface area (Å²) in [6, 6.07) is 15.2. The van der Waals surface area contributed by atoms with Crippen molar-refractivity contribution in [3.63, 3.8) is 0 Å². The molecule has 4 aromatic rings. The van der Waals surface area contributed by atoms with Crippen molar-refractivity contribution in [2.45, 2.75) is 13.8 Å². The number of carboxylic acid groups (broad SMARTS) is 1. The third-order valence-corrected chi connectivity index (χ3v) is 6.03. The Morgan fingerprint density at radius 3 is 2.50 bits per heavy atom. The first-order chi connectivity index (χ1) is 14.3. The molecule has 2 aromatic carbocycles. The van der Waals surface area contributed by atoms with Gasteiger partial charge in [-0.2, -0.15) is 0 Å². The molecule has 30 heavy (non-hydrogen) atoms. The fourth-order valence-electron chi connectivity index (χ4n) is 3.18. The first-order valence-electron chi connectivity index (χ1n) is 9.15. The number of aromatic nitrogens is 2. The van der Waals surface area contributed by atoms with Crippen molar-refractivity contribution < 1.29 is 9.90 Å². The maximum atomic E-state index is 13.1. The van der Waals surface area contributed by atoms with Crippen LogP contribution >= 0.6 is 22.9 Å². The molecule has 2 heterocycles. The molecule has 0 unspecified atom stereocenters. The van der Waals surface area contributed by atoms with Gasteiger partial charge in [0.15, 0.2) is 4.96 Å². The minimum atomic E-state index is -1.12. The van der Waals surface area contributed by atoms with Crippen molar-refractivity contribution in [2.75, 3.05) is 0 Å². The fraction of sp³-hybridized carbons (Fsp3) is 0.0870. The van der Waals surface area contributed by atoms with Gasteiger partial charge < -0.3 is 5.11 Å². The maximum absolute atomic E-state index is 13.1. The topological polar surface area (TPSA) is 71.7 Å². The van der Waals surface area contributed by atoms with Crippen LogP contribution in [-0.2, 0) is 0 Å². The predicted octanol–water partition coefficient (Wildman–Crippen LogP) is 5.56. The van der Waals surface area contributed by atoms with Gasteiger partial charge in [-0.15, -0.1) is 0 Å². The van der Waals surface area contributed by atoms with Gasteiger partial charge in [0.25, 0.3) is 5.56 Å². The normalized spacial score (nSPS) is 11.4. The first kappa shape index (κ1) is 20.1. The molecule has 0 aliphatic carbocycles. The molecule has 4 rings (SSSR count). The smallest absolute Gasteiger partial charge is 0.348 e. The molecule has 7 heteroatoms. The molecular weight excluding hydrogens is 420 g/mol. The van der Waals surface area contributed by atoms with E-state index in [1.807, 2.05) is 56.3 Å². The highest BCUT2D eigenvalue weighted by atomic mass is 35.5. The van der Waals surface area contributed by atoms with Gasteiger partial charge in [-0.05, 0) is 25.5 Å². The number of halogens is 1. The second kappa shape index (κ2) is 7.89. The van der Waals surface area contributed by atoms with Crippen LogP contribution in [0.3, 0.4) is 0 Å².